The molecule has 0 aliphatic carbocycles. The zero-order valence-electron chi connectivity index (χ0n) is 8.21. The quantitative estimate of drug-likeness (QED) is 0.620. The molecule has 1 amide bonds. The van der Waals surface area contributed by atoms with Crippen LogP contribution in [0.1, 0.15) is 10.4 Å². The van der Waals surface area contributed by atoms with Crippen LogP contribution in [0.3, 0.4) is 0 Å². The smallest absolute Gasteiger partial charge is 0.269 e. The Morgan fingerprint density at radius 1 is 1.31 bits per heavy atom. The number of para-hydroxylation sites is 1. The summed E-state index contributed by atoms with van der Waals surface area (Å²) in [5.41, 5.74) is 0.542. The first-order chi connectivity index (χ1) is 7.48. The van der Waals surface area contributed by atoms with Crippen LogP contribution in [0.4, 0.5) is 5.69 Å². The van der Waals surface area contributed by atoms with E-state index < -0.39 is 16.0 Å². The molecular weight excluding hydrogens is 253 g/mol. The first-order valence-corrected chi connectivity index (χ1v) is 5.15. The molecule has 16 heavy (non-hydrogen) atoms. The Morgan fingerprint density at radius 2 is 2.00 bits per heavy atom. The Hall–Kier alpha value is -1.26. The molecule has 1 aromatic rings. The fourth-order valence-corrected chi connectivity index (χ4v) is 1.78. The zero-order chi connectivity index (χ0) is 11.9. The van der Waals surface area contributed by atoms with Crippen LogP contribution in [-0.2, 0) is 4.79 Å². The van der Waals surface area contributed by atoms with Gasteiger partial charge in [0.2, 0.25) is 5.78 Å². The van der Waals surface area contributed by atoms with Crippen LogP contribution < -0.4 is 10.1 Å². The predicted molar refractivity (Wildman–Crippen MR) is 60.4 cm³/mol. The number of hydrogen-bond donors (Lipinski definition) is 1. The van der Waals surface area contributed by atoms with Gasteiger partial charge in [-0.2, -0.15) is 0 Å². The van der Waals surface area contributed by atoms with E-state index in [1.54, 1.807) is 12.1 Å². The van der Waals surface area contributed by atoms with Crippen molar-refractivity contribution in [2.45, 2.75) is 4.33 Å². The van der Waals surface area contributed by atoms with E-state index in [1.807, 2.05) is 0 Å². The van der Waals surface area contributed by atoms with Crippen LogP contribution in [0, 0.1) is 0 Å². The monoisotopic (exact) mass is 259 g/mol. The maximum Gasteiger partial charge on any atom is 0.269 e. The maximum absolute atomic E-state index is 11.8. The van der Waals surface area contributed by atoms with E-state index in [9.17, 15) is 9.59 Å². The van der Waals surface area contributed by atoms with Crippen molar-refractivity contribution in [3.63, 3.8) is 0 Å². The second kappa shape index (κ2) is 3.64. The number of fused-ring (bicyclic) bond motifs is 1. The molecule has 4 nitrogen and oxygen atoms in total. The SMILES string of the molecule is COc1cccc2c1NC(=O)C(Cl)(Cl)C2=O. The number of hydrogen-bond acceptors (Lipinski definition) is 3. The molecule has 6 heteroatoms. The summed E-state index contributed by atoms with van der Waals surface area (Å²) in [7, 11) is 1.44. The van der Waals surface area contributed by atoms with Gasteiger partial charge in [0, 0.05) is 5.56 Å². The number of amides is 1. The Bertz CT molecular complexity index is 485. The Morgan fingerprint density at radius 3 is 2.62 bits per heavy atom. The van der Waals surface area contributed by atoms with Gasteiger partial charge in [-0.25, -0.2) is 0 Å². The molecule has 0 saturated heterocycles. The molecule has 1 aliphatic rings. The highest BCUT2D eigenvalue weighted by Crippen LogP contribution is 2.39. The third-order valence-corrected chi connectivity index (χ3v) is 2.99. The van der Waals surface area contributed by atoms with E-state index in [1.165, 1.54) is 13.2 Å². The van der Waals surface area contributed by atoms with Gasteiger partial charge in [0.15, 0.2) is 0 Å². The molecule has 0 radical (unpaired) electrons. The summed E-state index contributed by atoms with van der Waals surface area (Å²) in [6.45, 7) is 0. The molecule has 1 heterocycles. The second-order valence-corrected chi connectivity index (χ2v) is 4.57. The number of ketones is 1. The molecule has 0 bridgehead atoms. The van der Waals surface area contributed by atoms with Gasteiger partial charge in [-0.05, 0) is 12.1 Å². The third-order valence-electron chi connectivity index (χ3n) is 2.30. The lowest BCUT2D eigenvalue weighted by Crippen LogP contribution is -2.44. The lowest BCUT2D eigenvalue weighted by atomic mass is 10.0. The molecule has 1 N–H and O–H groups in total. The minimum Gasteiger partial charge on any atom is -0.495 e. The number of carbonyl (C=O) groups excluding carboxylic acids is 2. The minimum atomic E-state index is -2.07. The van der Waals surface area contributed by atoms with Gasteiger partial charge in [-0.3, -0.25) is 9.59 Å². The van der Waals surface area contributed by atoms with Crippen LogP contribution in [0.5, 0.6) is 5.75 Å². The molecule has 1 aromatic carbocycles. The number of ether oxygens (including phenoxy) is 1. The van der Waals surface area contributed by atoms with E-state index in [-0.39, 0.29) is 5.56 Å². The standard InChI is InChI=1S/C10H7Cl2NO3/c1-16-6-4-2-3-5-7(6)13-9(15)10(11,12)8(5)14/h2-4H,1H3,(H,13,15). The Kier molecular flexibility index (Phi) is 2.56. The van der Waals surface area contributed by atoms with Crippen molar-refractivity contribution in [1.29, 1.82) is 0 Å². The fourth-order valence-electron chi connectivity index (χ4n) is 1.48. The van der Waals surface area contributed by atoms with Gasteiger partial charge >= 0.3 is 0 Å². The van der Waals surface area contributed by atoms with Gasteiger partial charge in [-0.1, -0.05) is 29.3 Å². The minimum absolute atomic E-state index is 0.240. The van der Waals surface area contributed by atoms with Crippen molar-refractivity contribution < 1.29 is 14.3 Å². The average Bonchev–Trinajstić information content (AvgIpc) is 2.26. The molecule has 0 saturated carbocycles. The van der Waals surface area contributed by atoms with Crippen molar-refractivity contribution in [3.8, 4) is 5.75 Å². The summed E-state index contributed by atoms with van der Waals surface area (Å²) in [6.07, 6.45) is 0. The number of carbonyl (C=O) groups is 2. The van der Waals surface area contributed by atoms with Gasteiger partial charge in [0.25, 0.3) is 10.2 Å². The highest BCUT2D eigenvalue weighted by molar-refractivity contribution is 6.71. The summed E-state index contributed by atoms with van der Waals surface area (Å²) < 4.78 is 2.95. The van der Waals surface area contributed by atoms with E-state index in [0.29, 0.717) is 11.4 Å². The fraction of sp³-hybridized carbons (Fsp3) is 0.200. The summed E-state index contributed by atoms with van der Waals surface area (Å²) in [4.78, 5) is 23.3. The normalized spacial score (nSPS) is 17.7. The number of nitrogens with one attached hydrogen (secondary N) is 1. The first kappa shape index (κ1) is 11.2. The Balaban J connectivity index is 2.63. The number of benzene rings is 1. The molecule has 0 aromatic heterocycles. The molecule has 84 valence electrons. The van der Waals surface area contributed by atoms with Crippen LogP contribution in [0.15, 0.2) is 18.2 Å². The molecule has 0 unspecified atom stereocenters. The first-order valence-electron chi connectivity index (χ1n) is 4.39. The molecule has 1 aliphatic heterocycles. The third kappa shape index (κ3) is 1.45. The van der Waals surface area contributed by atoms with Gasteiger partial charge < -0.3 is 10.1 Å². The Labute approximate surface area is 101 Å². The predicted octanol–water partition coefficient (Wildman–Crippen LogP) is 2.00. The van der Waals surface area contributed by atoms with Crippen LogP contribution in [-0.4, -0.2) is 23.1 Å². The van der Waals surface area contributed by atoms with Crippen LogP contribution in [0.2, 0.25) is 0 Å². The molecule has 2 rings (SSSR count). The highest BCUT2D eigenvalue weighted by atomic mass is 35.5. The van der Waals surface area contributed by atoms with Gasteiger partial charge in [0.1, 0.15) is 5.75 Å². The summed E-state index contributed by atoms with van der Waals surface area (Å²) in [5.74, 6) is -1.02. The number of alkyl halides is 2. The number of rotatable bonds is 1. The van der Waals surface area contributed by atoms with E-state index in [0.717, 1.165) is 0 Å². The molecule has 0 atom stereocenters. The molecular formula is C10H7Cl2NO3. The van der Waals surface area contributed by atoms with E-state index in [2.05, 4.69) is 5.32 Å². The van der Waals surface area contributed by atoms with Crippen molar-refractivity contribution in [3.05, 3.63) is 23.8 Å². The van der Waals surface area contributed by atoms with E-state index >= 15 is 0 Å². The lowest BCUT2D eigenvalue weighted by molar-refractivity contribution is -0.116. The average molecular weight is 260 g/mol. The van der Waals surface area contributed by atoms with Crippen LogP contribution in [0.25, 0.3) is 0 Å². The van der Waals surface area contributed by atoms with Crippen LogP contribution >= 0.6 is 23.2 Å². The highest BCUT2D eigenvalue weighted by Gasteiger charge is 2.47. The summed E-state index contributed by atoms with van der Waals surface area (Å²) in [5, 5.41) is 2.45. The lowest BCUT2D eigenvalue weighted by Gasteiger charge is -2.26. The number of anilines is 1. The second-order valence-electron chi connectivity index (χ2n) is 3.24. The van der Waals surface area contributed by atoms with E-state index in [4.69, 9.17) is 27.9 Å². The van der Waals surface area contributed by atoms with Crippen molar-refractivity contribution in [2.24, 2.45) is 0 Å². The molecule has 0 fully saturated rings. The topological polar surface area (TPSA) is 55.4 Å². The summed E-state index contributed by atoms with van der Waals surface area (Å²) >= 11 is 11.3. The van der Waals surface area contributed by atoms with Crippen molar-refractivity contribution >= 4 is 40.6 Å². The zero-order valence-corrected chi connectivity index (χ0v) is 9.72. The van der Waals surface area contributed by atoms with Crippen molar-refractivity contribution in [1.82, 2.24) is 0 Å². The maximum atomic E-state index is 11.8. The van der Waals surface area contributed by atoms with Crippen molar-refractivity contribution in [2.75, 3.05) is 12.4 Å². The summed E-state index contributed by atoms with van der Waals surface area (Å²) in [6, 6.07) is 4.78. The van der Waals surface area contributed by atoms with Gasteiger partial charge in [-0.15, -0.1) is 0 Å². The number of methoxy groups -OCH3 is 1. The number of Topliss-reactive ketones (excluding diaryl/α,β-unsaturated/α-hetero) is 1. The largest absolute Gasteiger partial charge is 0.495 e. The number of halogens is 2. The molecule has 0 spiro atoms. The van der Waals surface area contributed by atoms with Gasteiger partial charge in [0.05, 0.1) is 12.8 Å².